The van der Waals surface area contributed by atoms with Gasteiger partial charge in [-0.15, -0.1) is 0 Å². The smallest absolute Gasteiger partial charge is 0.256 e. The van der Waals surface area contributed by atoms with Gasteiger partial charge < -0.3 is 15.0 Å². The molecule has 0 aliphatic carbocycles. The number of nitrogens with one attached hydrogen (secondary N) is 1. The van der Waals surface area contributed by atoms with Gasteiger partial charge in [-0.1, -0.05) is 11.6 Å². The van der Waals surface area contributed by atoms with Crippen LogP contribution in [0.3, 0.4) is 0 Å². The zero-order valence-electron chi connectivity index (χ0n) is 12.3. The second-order valence-electron chi connectivity index (χ2n) is 5.07. The first-order valence-corrected chi connectivity index (χ1v) is 8.47. The van der Waals surface area contributed by atoms with E-state index in [9.17, 15) is 9.59 Å². The molecule has 0 spiro atoms. The highest BCUT2D eigenvalue weighted by molar-refractivity contribution is 7.08. The van der Waals surface area contributed by atoms with E-state index in [1.807, 2.05) is 5.38 Å². The molecule has 120 valence electrons. The number of ether oxygens (including phenoxy) is 1. The van der Waals surface area contributed by atoms with Crippen LogP contribution in [0.25, 0.3) is 0 Å². The van der Waals surface area contributed by atoms with Crippen molar-refractivity contribution in [2.24, 2.45) is 0 Å². The highest BCUT2D eigenvalue weighted by Gasteiger charge is 2.21. The Morgan fingerprint density at radius 2 is 2.00 bits per heavy atom. The topological polar surface area (TPSA) is 58.6 Å². The van der Waals surface area contributed by atoms with E-state index in [1.165, 1.54) is 11.3 Å². The summed E-state index contributed by atoms with van der Waals surface area (Å²) in [6, 6.07) is 6.67. The molecule has 2 heterocycles. The fourth-order valence-corrected chi connectivity index (χ4v) is 3.20. The van der Waals surface area contributed by atoms with E-state index in [2.05, 4.69) is 5.32 Å². The van der Waals surface area contributed by atoms with E-state index < -0.39 is 0 Å². The standard InChI is InChI=1S/C16H15ClN2O3S/c17-14-9-12(18-15(20)11-3-8-23-10-11)1-2-13(14)16(21)19-4-6-22-7-5-19/h1-3,8-10H,4-7H2,(H,18,20). The third kappa shape index (κ3) is 3.72. The minimum absolute atomic E-state index is 0.117. The number of hydrogen-bond donors (Lipinski definition) is 1. The average Bonchev–Trinajstić information content (AvgIpc) is 3.10. The maximum absolute atomic E-state index is 12.4. The van der Waals surface area contributed by atoms with Crippen molar-refractivity contribution in [2.45, 2.75) is 0 Å². The number of carbonyl (C=O) groups is 2. The number of amides is 2. The molecule has 2 aromatic rings. The average molecular weight is 351 g/mol. The fourth-order valence-electron chi connectivity index (χ4n) is 2.30. The number of thiophene rings is 1. The van der Waals surface area contributed by atoms with Gasteiger partial charge in [0.1, 0.15) is 0 Å². The number of rotatable bonds is 3. The SMILES string of the molecule is O=C(Nc1ccc(C(=O)N2CCOCC2)c(Cl)c1)c1ccsc1. The van der Waals surface area contributed by atoms with Crippen LogP contribution in [-0.4, -0.2) is 43.0 Å². The van der Waals surface area contributed by atoms with Crippen LogP contribution >= 0.6 is 22.9 Å². The van der Waals surface area contributed by atoms with Crippen molar-refractivity contribution in [2.75, 3.05) is 31.6 Å². The molecule has 23 heavy (non-hydrogen) atoms. The first kappa shape index (κ1) is 16.0. The molecule has 0 atom stereocenters. The van der Waals surface area contributed by atoms with Crippen molar-refractivity contribution >= 4 is 40.4 Å². The monoisotopic (exact) mass is 350 g/mol. The van der Waals surface area contributed by atoms with Gasteiger partial charge in [0.2, 0.25) is 0 Å². The second kappa shape index (κ2) is 7.12. The molecule has 0 saturated carbocycles. The number of carbonyl (C=O) groups excluding carboxylic acids is 2. The second-order valence-corrected chi connectivity index (χ2v) is 6.25. The van der Waals surface area contributed by atoms with Crippen LogP contribution in [0.15, 0.2) is 35.0 Å². The Morgan fingerprint density at radius 3 is 2.65 bits per heavy atom. The van der Waals surface area contributed by atoms with Gasteiger partial charge in [-0.05, 0) is 29.6 Å². The van der Waals surface area contributed by atoms with Crippen LogP contribution in [0.4, 0.5) is 5.69 Å². The van der Waals surface area contributed by atoms with E-state index in [1.54, 1.807) is 34.5 Å². The zero-order chi connectivity index (χ0) is 16.2. The van der Waals surface area contributed by atoms with Gasteiger partial charge in [0.05, 0.1) is 29.4 Å². The minimum Gasteiger partial charge on any atom is -0.378 e. The normalized spacial score (nSPS) is 14.6. The lowest BCUT2D eigenvalue weighted by molar-refractivity contribution is 0.0303. The molecule has 1 N–H and O–H groups in total. The van der Waals surface area contributed by atoms with Crippen LogP contribution in [-0.2, 0) is 4.74 Å². The highest BCUT2D eigenvalue weighted by Crippen LogP contribution is 2.23. The predicted molar refractivity (Wildman–Crippen MR) is 90.4 cm³/mol. The minimum atomic E-state index is -0.199. The van der Waals surface area contributed by atoms with E-state index in [0.29, 0.717) is 48.1 Å². The highest BCUT2D eigenvalue weighted by atomic mass is 35.5. The number of morpholine rings is 1. The molecule has 0 unspecified atom stereocenters. The lowest BCUT2D eigenvalue weighted by Crippen LogP contribution is -2.40. The summed E-state index contributed by atoms with van der Waals surface area (Å²) in [5, 5.41) is 6.70. The van der Waals surface area contributed by atoms with Crippen molar-refractivity contribution in [3.63, 3.8) is 0 Å². The Hall–Kier alpha value is -1.89. The largest absolute Gasteiger partial charge is 0.378 e. The molecule has 1 aliphatic heterocycles. The Labute approximate surface area is 142 Å². The number of benzene rings is 1. The summed E-state index contributed by atoms with van der Waals surface area (Å²) in [6.07, 6.45) is 0. The van der Waals surface area contributed by atoms with Gasteiger partial charge in [0.25, 0.3) is 11.8 Å². The van der Waals surface area contributed by atoms with Crippen LogP contribution < -0.4 is 5.32 Å². The Morgan fingerprint density at radius 1 is 1.22 bits per heavy atom. The Bertz CT molecular complexity index is 712. The summed E-state index contributed by atoms with van der Waals surface area (Å²) in [5.74, 6) is -0.316. The summed E-state index contributed by atoms with van der Waals surface area (Å²) in [7, 11) is 0. The molecule has 0 radical (unpaired) electrons. The lowest BCUT2D eigenvalue weighted by Gasteiger charge is -2.27. The summed E-state index contributed by atoms with van der Waals surface area (Å²) in [4.78, 5) is 26.2. The van der Waals surface area contributed by atoms with Gasteiger partial charge in [-0.2, -0.15) is 11.3 Å². The van der Waals surface area contributed by atoms with E-state index in [0.717, 1.165) is 0 Å². The molecule has 1 aromatic carbocycles. The summed E-state index contributed by atoms with van der Waals surface area (Å²) in [5.41, 5.74) is 1.59. The summed E-state index contributed by atoms with van der Waals surface area (Å²) >= 11 is 7.68. The molecule has 1 aliphatic rings. The molecule has 1 fully saturated rings. The van der Waals surface area contributed by atoms with Crippen LogP contribution in [0.2, 0.25) is 5.02 Å². The van der Waals surface area contributed by atoms with Crippen LogP contribution in [0, 0.1) is 0 Å². The Balaban J connectivity index is 1.72. The number of anilines is 1. The van der Waals surface area contributed by atoms with E-state index in [-0.39, 0.29) is 11.8 Å². The molecule has 5 nitrogen and oxygen atoms in total. The summed E-state index contributed by atoms with van der Waals surface area (Å²) in [6.45, 7) is 2.20. The van der Waals surface area contributed by atoms with Crippen molar-refractivity contribution in [3.8, 4) is 0 Å². The predicted octanol–water partition coefficient (Wildman–Crippen LogP) is 3.13. The maximum Gasteiger partial charge on any atom is 0.256 e. The first-order valence-electron chi connectivity index (χ1n) is 7.15. The molecular weight excluding hydrogens is 336 g/mol. The summed E-state index contributed by atoms with van der Waals surface area (Å²) < 4.78 is 5.24. The number of nitrogens with zero attached hydrogens (tertiary/aromatic N) is 1. The fraction of sp³-hybridized carbons (Fsp3) is 0.250. The van der Waals surface area contributed by atoms with E-state index in [4.69, 9.17) is 16.3 Å². The third-order valence-electron chi connectivity index (χ3n) is 3.54. The molecule has 1 aromatic heterocycles. The van der Waals surface area contributed by atoms with Gasteiger partial charge >= 0.3 is 0 Å². The number of hydrogen-bond acceptors (Lipinski definition) is 4. The first-order chi connectivity index (χ1) is 11.1. The quantitative estimate of drug-likeness (QED) is 0.925. The van der Waals surface area contributed by atoms with Crippen molar-refractivity contribution in [1.29, 1.82) is 0 Å². The van der Waals surface area contributed by atoms with Gasteiger partial charge in [0.15, 0.2) is 0 Å². The Kier molecular flexibility index (Phi) is 4.95. The maximum atomic E-state index is 12.4. The molecule has 0 bridgehead atoms. The van der Waals surface area contributed by atoms with Gasteiger partial charge in [-0.25, -0.2) is 0 Å². The zero-order valence-corrected chi connectivity index (χ0v) is 13.8. The van der Waals surface area contributed by atoms with Crippen LogP contribution in [0.5, 0.6) is 0 Å². The lowest BCUT2D eigenvalue weighted by atomic mass is 10.1. The third-order valence-corrected chi connectivity index (χ3v) is 4.53. The van der Waals surface area contributed by atoms with Gasteiger partial charge in [-0.3, -0.25) is 9.59 Å². The molecule has 1 saturated heterocycles. The van der Waals surface area contributed by atoms with Crippen molar-refractivity contribution in [1.82, 2.24) is 4.90 Å². The van der Waals surface area contributed by atoms with E-state index >= 15 is 0 Å². The van der Waals surface area contributed by atoms with Crippen molar-refractivity contribution in [3.05, 3.63) is 51.2 Å². The molecule has 7 heteroatoms. The number of halogens is 1. The van der Waals surface area contributed by atoms with Crippen LogP contribution in [0.1, 0.15) is 20.7 Å². The molecule has 3 rings (SSSR count). The molecular formula is C16H15ClN2O3S. The van der Waals surface area contributed by atoms with Gasteiger partial charge in [0, 0.05) is 24.2 Å². The van der Waals surface area contributed by atoms with Crippen molar-refractivity contribution < 1.29 is 14.3 Å². The molecule has 2 amide bonds.